The molecule has 0 spiro atoms. The number of carboxylic acids is 1. The first-order chi connectivity index (χ1) is 12.9. The summed E-state index contributed by atoms with van der Waals surface area (Å²) in [6.07, 6.45) is 1.69. The van der Waals surface area contributed by atoms with E-state index in [1.54, 1.807) is 24.5 Å². The molecule has 134 valence electrons. The third kappa shape index (κ3) is 2.86. The van der Waals surface area contributed by atoms with Gasteiger partial charge in [-0.1, -0.05) is 6.07 Å². The van der Waals surface area contributed by atoms with E-state index in [4.69, 9.17) is 5.73 Å². The van der Waals surface area contributed by atoms with Gasteiger partial charge in [-0.25, -0.2) is 24.1 Å². The number of fused-ring (bicyclic) bond motifs is 1. The van der Waals surface area contributed by atoms with Gasteiger partial charge in [0.25, 0.3) is 0 Å². The highest BCUT2D eigenvalue weighted by atomic mass is 19.1. The van der Waals surface area contributed by atoms with E-state index in [9.17, 15) is 14.3 Å². The van der Waals surface area contributed by atoms with Gasteiger partial charge in [0, 0.05) is 18.2 Å². The third-order valence-electron chi connectivity index (χ3n) is 4.24. The Morgan fingerprint density at radius 3 is 2.44 bits per heavy atom. The summed E-state index contributed by atoms with van der Waals surface area (Å²) in [6, 6.07) is 11.1. The molecule has 0 aliphatic rings. The van der Waals surface area contributed by atoms with Crippen molar-refractivity contribution in [3.63, 3.8) is 0 Å². The molecule has 2 aromatic heterocycles. The number of carboxylic acid groups (broad SMARTS) is 1. The second-order valence-electron chi connectivity index (χ2n) is 6.03. The molecule has 0 saturated heterocycles. The number of aromatic carboxylic acids is 1. The Labute approximate surface area is 152 Å². The van der Waals surface area contributed by atoms with Crippen LogP contribution in [0.25, 0.3) is 33.5 Å². The average Bonchev–Trinajstić information content (AvgIpc) is 3.02. The molecule has 0 aliphatic carbocycles. The SMILES string of the molecule is Cn1cnc2ccc(-c3nc(C(=O)O)c(N)nc3-c3ccc(F)cc3)cc21. The lowest BCUT2D eigenvalue weighted by Gasteiger charge is -2.12. The number of halogens is 1. The molecule has 3 N–H and O–H groups in total. The molecule has 0 atom stereocenters. The maximum Gasteiger partial charge on any atom is 0.358 e. The van der Waals surface area contributed by atoms with Crippen LogP contribution in [-0.4, -0.2) is 30.6 Å². The van der Waals surface area contributed by atoms with Crippen molar-refractivity contribution in [1.29, 1.82) is 0 Å². The molecule has 7 nitrogen and oxygen atoms in total. The summed E-state index contributed by atoms with van der Waals surface area (Å²) >= 11 is 0. The summed E-state index contributed by atoms with van der Waals surface area (Å²) in [5.41, 5.74) is 9.06. The highest BCUT2D eigenvalue weighted by Gasteiger charge is 2.20. The number of carbonyl (C=O) groups is 1. The first kappa shape index (κ1) is 16.6. The molecular weight excluding hydrogens is 349 g/mol. The fourth-order valence-corrected chi connectivity index (χ4v) is 2.89. The second kappa shape index (κ2) is 6.17. The molecule has 4 aromatic rings. The minimum Gasteiger partial charge on any atom is -0.476 e. The topological polar surface area (TPSA) is 107 Å². The van der Waals surface area contributed by atoms with Gasteiger partial charge in [0.1, 0.15) is 5.82 Å². The first-order valence-electron chi connectivity index (χ1n) is 8.02. The van der Waals surface area contributed by atoms with Gasteiger partial charge < -0.3 is 15.4 Å². The van der Waals surface area contributed by atoms with Crippen LogP contribution in [0.2, 0.25) is 0 Å². The number of hydrogen-bond acceptors (Lipinski definition) is 5. The van der Waals surface area contributed by atoms with Crippen LogP contribution in [0.4, 0.5) is 10.2 Å². The summed E-state index contributed by atoms with van der Waals surface area (Å²) in [4.78, 5) is 24.3. The molecule has 0 amide bonds. The Morgan fingerprint density at radius 1 is 1.07 bits per heavy atom. The fourth-order valence-electron chi connectivity index (χ4n) is 2.89. The molecule has 0 unspecified atom stereocenters. The van der Waals surface area contributed by atoms with Gasteiger partial charge in [0.05, 0.1) is 28.7 Å². The zero-order valence-electron chi connectivity index (χ0n) is 14.2. The smallest absolute Gasteiger partial charge is 0.358 e. The molecule has 27 heavy (non-hydrogen) atoms. The summed E-state index contributed by atoms with van der Waals surface area (Å²) in [5, 5.41) is 9.37. The van der Waals surface area contributed by atoms with Crippen molar-refractivity contribution in [2.75, 3.05) is 5.73 Å². The largest absolute Gasteiger partial charge is 0.476 e. The lowest BCUT2D eigenvalue weighted by atomic mass is 10.0. The normalized spacial score (nSPS) is 11.0. The number of aromatic nitrogens is 4. The maximum absolute atomic E-state index is 13.3. The molecule has 0 radical (unpaired) electrons. The van der Waals surface area contributed by atoms with E-state index in [0.29, 0.717) is 22.5 Å². The summed E-state index contributed by atoms with van der Waals surface area (Å²) in [6.45, 7) is 0. The van der Waals surface area contributed by atoms with E-state index in [-0.39, 0.29) is 17.3 Å². The van der Waals surface area contributed by atoms with Crippen molar-refractivity contribution in [2.24, 2.45) is 7.05 Å². The number of nitrogens with two attached hydrogens (primary N) is 1. The zero-order chi connectivity index (χ0) is 19.1. The van der Waals surface area contributed by atoms with Crippen LogP contribution in [0, 0.1) is 5.82 Å². The average molecular weight is 363 g/mol. The van der Waals surface area contributed by atoms with Gasteiger partial charge in [0.2, 0.25) is 0 Å². The Kier molecular flexibility index (Phi) is 3.80. The molecule has 0 saturated carbocycles. The molecule has 0 aliphatic heterocycles. The van der Waals surface area contributed by atoms with Crippen molar-refractivity contribution in [3.8, 4) is 22.5 Å². The Hall–Kier alpha value is -3.81. The first-order valence-corrected chi connectivity index (χ1v) is 8.02. The minimum absolute atomic E-state index is 0.202. The number of aryl methyl sites for hydroxylation is 1. The van der Waals surface area contributed by atoms with Crippen LogP contribution < -0.4 is 5.73 Å². The lowest BCUT2D eigenvalue weighted by molar-refractivity contribution is 0.0691. The number of nitrogen functional groups attached to an aromatic ring is 1. The number of imidazole rings is 1. The summed E-state index contributed by atoms with van der Waals surface area (Å²) in [5.74, 6) is -1.86. The molecule has 8 heteroatoms. The van der Waals surface area contributed by atoms with E-state index in [0.717, 1.165) is 11.0 Å². The number of rotatable bonds is 3. The number of benzene rings is 2. The van der Waals surface area contributed by atoms with Crippen LogP contribution in [0.5, 0.6) is 0 Å². The van der Waals surface area contributed by atoms with E-state index < -0.39 is 5.97 Å². The van der Waals surface area contributed by atoms with Crippen molar-refractivity contribution in [1.82, 2.24) is 19.5 Å². The van der Waals surface area contributed by atoms with E-state index in [2.05, 4.69) is 15.0 Å². The van der Waals surface area contributed by atoms with Gasteiger partial charge in [-0.3, -0.25) is 0 Å². The second-order valence-corrected chi connectivity index (χ2v) is 6.03. The standard InChI is InChI=1S/C19H14FN5O2/c1-25-9-22-13-7-4-11(8-14(13)25)16-15(10-2-5-12(20)6-3-10)24-18(21)17(23-16)19(26)27/h2-9H,1H3,(H2,21,24)(H,26,27). The van der Waals surface area contributed by atoms with Gasteiger partial charge in [-0.2, -0.15) is 0 Å². The molecular formula is C19H14FN5O2. The van der Waals surface area contributed by atoms with E-state index >= 15 is 0 Å². The molecule has 0 bridgehead atoms. The zero-order valence-corrected chi connectivity index (χ0v) is 14.2. The van der Waals surface area contributed by atoms with Crippen molar-refractivity contribution in [3.05, 3.63) is 60.3 Å². The predicted octanol–water partition coefficient (Wildman–Crippen LogP) is 3.12. The van der Waals surface area contributed by atoms with Crippen LogP contribution in [0.1, 0.15) is 10.5 Å². The Balaban J connectivity index is 2.00. The van der Waals surface area contributed by atoms with Crippen LogP contribution >= 0.6 is 0 Å². The van der Waals surface area contributed by atoms with E-state index in [1.807, 2.05) is 23.7 Å². The molecule has 2 heterocycles. The lowest BCUT2D eigenvalue weighted by Crippen LogP contribution is -2.10. The Bertz CT molecular complexity index is 1180. The van der Waals surface area contributed by atoms with Gasteiger partial charge >= 0.3 is 5.97 Å². The van der Waals surface area contributed by atoms with E-state index in [1.165, 1.54) is 12.1 Å². The van der Waals surface area contributed by atoms with Crippen LogP contribution in [-0.2, 0) is 7.05 Å². The number of hydrogen-bond donors (Lipinski definition) is 2. The third-order valence-corrected chi connectivity index (χ3v) is 4.24. The summed E-state index contributed by atoms with van der Waals surface area (Å²) < 4.78 is 15.2. The van der Waals surface area contributed by atoms with Crippen LogP contribution in [0.3, 0.4) is 0 Å². The molecule has 0 fully saturated rings. The fraction of sp³-hybridized carbons (Fsp3) is 0.0526. The van der Waals surface area contributed by atoms with Crippen LogP contribution in [0.15, 0.2) is 48.8 Å². The summed E-state index contributed by atoms with van der Waals surface area (Å²) in [7, 11) is 1.86. The van der Waals surface area contributed by atoms with Gasteiger partial charge in [-0.15, -0.1) is 0 Å². The van der Waals surface area contributed by atoms with Crippen molar-refractivity contribution in [2.45, 2.75) is 0 Å². The Morgan fingerprint density at radius 2 is 1.74 bits per heavy atom. The monoisotopic (exact) mass is 363 g/mol. The number of nitrogens with zero attached hydrogens (tertiary/aromatic N) is 4. The predicted molar refractivity (Wildman–Crippen MR) is 98.5 cm³/mol. The molecule has 4 rings (SSSR count). The molecule has 2 aromatic carbocycles. The van der Waals surface area contributed by atoms with Gasteiger partial charge in [-0.05, 0) is 36.4 Å². The highest BCUT2D eigenvalue weighted by molar-refractivity contribution is 5.93. The number of anilines is 1. The van der Waals surface area contributed by atoms with Gasteiger partial charge in [0.15, 0.2) is 11.5 Å². The quantitative estimate of drug-likeness (QED) is 0.579. The van der Waals surface area contributed by atoms with Crippen molar-refractivity contribution < 1.29 is 14.3 Å². The minimum atomic E-state index is -1.27. The maximum atomic E-state index is 13.3. The van der Waals surface area contributed by atoms with Crippen molar-refractivity contribution >= 4 is 22.8 Å². The highest BCUT2D eigenvalue weighted by Crippen LogP contribution is 2.32.